The maximum atomic E-state index is 12.5. The van der Waals surface area contributed by atoms with Crippen LogP contribution < -0.4 is 4.72 Å². The zero-order chi connectivity index (χ0) is 18.0. The van der Waals surface area contributed by atoms with E-state index < -0.39 is 10.0 Å². The van der Waals surface area contributed by atoms with Gasteiger partial charge in [-0.15, -0.1) is 0 Å². The molecule has 0 unspecified atom stereocenters. The number of hydrogen-bond donors (Lipinski definition) is 1. The SMILES string of the molecule is Cc1noc(-c2ccc(NS(=O)(=O)c3ccc(C(C)C)cc3)cc2)n1. The smallest absolute Gasteiger partial charge is 0.261 e. The summed E-state index contributed by atoms with van der Waals surface area (Å²) in [6.07, 6.45) is 0. The van der Waals surface area contributed by atoms with Gasteiger partial charge in [0.25, 0.3) is 15.9 Å². The van der Waals surface area contributed by atoms with Gasteiger partial charge in [0.15, 0.2) is 5.82 Å². The summed E-state index contributed by atoms with van der Waals surface area (Å²) in [5.74, 6) is 1.30. The highest BCUT2D eigenvalue weighted by molar-refractivity contribution is 7.92. The molecular formula is C18H19N3O3S. The van der Waals surface area contributed by atoms with Crippen molar-refractivity contribution in [3.05, 3.63) is 59.9 Å². The number of nitrogens with zero attached hydrogens (tertiary/aromatic N) is 2. The van der Waals surface area contributed by atoms with Crippen LogP contribution in [0.1, 0.15) is 31.2 Å². The first-order valence-corrected chi connectivity index (χ1v) is 9.37. The van der Waals surface area contributed by atoms with Gasteiger partial charge < -0.3 is 4.52 Å². The molecule has 0 aliphatic heterocycles. The van der Waals surface area contributed by atoms with Gasteiger partial charge in [0.1, 0.15) is 0 Å². The number of hydrogen-bond acceptors (Lipinski definition) is 5. The Morgan fingerprint density at radius 1 is 1.00 bits per heavy atom. The summed E-state index contributed by atoms with van der Waals surface area (Å²) in [6.45, 7) is 5.86. The number of anilines is 1. The highest BCUT2D eigenvalue weighted by Crippen LogP contribution is 2.23. The molecule has 0 spiro atoms. The molecular weight excluding hydrogens is 338 g/mol. The summed E-state index contributed by atoms with van der Waals surface area (Å²) in [4.78, 5) is 4.37. The molecule has 130 valence electrons. The fraction of sp³-hybridized carbons (Fsp3) is 0.222. The van der Waals surface area contributed by atoms with Crippen molar-refractivity contribution in [3.8, 4) is 11.5 Å². The molecule has 0 bridgehead atoms. The molecule has 3 aromatic rings. The van der Waals surface area contributed by atoms with Gasteiger partial charge in [-0.25, -0.2) is 8.42 Å². The Hall–Kier alpha value is -2.67. The van der Waals surface area contributed by atoms with Gasteiger partial charge >= 0.3 is 0 Å². The predicted molar refractivity (Wildman–Crippen MR) is 95.8 cm³/mol. The molecule has 0 atom stereocenters. The Morgan fingerprint density at radius 3 is 2.16 bits per heavy atom. The minimum absolute atomic E-state index is 0.230. The molecule has 25 heavy (non-hydrogen) atoms. The van der Waals surface area contributed by atoms with Gasteiger partial charge in [0.05, 0.1) is 4.90 Å². The zero-order valence-electron chi connectivity index (χ0n) is 14.2. The number of nitrogens with one attached hydrogen (secondary N) is 1. The number of sulfonamides is 1. The van der Waals surface area contributed by atoms with Crippen molar-refractivity contribution in [2.24, 2.45) is 0 Å². The van der Waals surface area contributed by atoms with E-state index in [1.807, 2.05) is 12.1 Å². The standard InChI is InChI=1S/C18H19N3O3S/c1-12(2)14-6-10-17(11-7-14)25(22,23)21-16-8-4-15(5-9-16)18-19-13(3)20-24-18/h4-12,21H,1-3H3. The third-order valence-electron chi connectivity index (χ3n) is 3.77. The molecule has 2 aromatic carbocycles. The van der Waals surface area contributed by atoms with Gasteiger partial charge in [-0.05, 0) is 54.8 Å². The first kappa shape index (κ1) is 17.2. The Kier molecular flexibility index (Phi) is 4.59. The van der Waals surface area contributed by atoms with Crippen molar-refractivity contribution in [2.75, 3.05) is 4.72 Å². The van der Waals surface area contributed by atoms with E-state index in [0.717, 1.165) is 11.1 Å². The van der Waals surface area contributed by atoms with E-state index in [-0.39, 0.29) is 4.90 Å². The maximum Gasteiger partial charge on any atom is 0.261 e. The van der Waals surface area contributed by atoms with Crippen LogP contribution in [0.25, 0.3) is 11.5 Å². The maximum absolute atomic E-state index is 12.5. The molecule has 0 amide bonds. The number of rotatable bonds is 5. The van der Waals surface area contributed by atoms with Crippen molar-refractivity contribution < 1.29 is 12.9 Å². The van der Waals surface area contributed by atoms with Crippen molar-refractivity contribution in [2.45, 2.75) is 31.6 Å². The summed E-state index contributed by atoms with van der Waals surface area (Å²) in [6, 6.07) is 13.7. The molecule has 0 radical (unpaired) electrons. The Labute approximate surface area is 147 Å². The molecule has 1 heterocycles. The van der Waals surface area contributed by atoms with Gasteiger partial charge in [-0.1, -0.05) is 31.1 Å². The highest BCUT2D eigenvalue weighted by Gasteiger charge is 2.15. The lowest BCUT2D eigenvalue weighted by Gasteiger charge is -2.10. The Morgan fingerprint density at radius 2 is 1.64 bits per heavy atom. The molecule has 0 saturated carbocycles. The largest absolute Gasteiger partial charge is 0.334 e. The van der Waals surface area contributed by atoms with Gasteiger partial charge in [0.2, 0.25) is 0 Å². The van der Waals surface area contributed by atoms with Crippen molar-refractivity contribution >= 4 is 15.7 Å². The van der Waals surface area contributed by atoms with E-state index in [1.165, 1.54) is 0 Å². The molecule has 6 nitrogen and oxygen atoms in total. The van der Waals surface area contributed by atoms with Crippen LogP contribution in [0.5, 0.6) is 0 Å². The van der Waals surface area contributed by atoms with Crippen LogP contribution in [0.2, 0.25) is 0 Å². The van der Waals surface area contributed by atoms with Crippen LogP contribution in [-0.4, -0.2) is 18.6 Å². The molecule has 1 N–H and O–H groups in total. The minimum Gasteiger partial charge on any atom is -0.334 e. The van der Waals surface area contributed by atoms with Crippen LogP contribution in [0, 0.1) is 6.92 Å². The Bertz CT molecular complexity index is 960. The van der Waals surface area contributed by atoms with E-state index in [9.17, 15) is 8.42 Å². The molecule has 0 saturated heterocycles. The molecule has 0 aliphatic carbocycles. The van der Waals surface area contributed by atoms with Gasteiger partial charge in [0, 0.05) is 11.3 Å². The summed E-state index contributed by atoms with van der Waals surface area (Å²) >= 11 is 0. The van der Waals surface area contributed by atoms with Crippen LogP contribution in [0.4, 0.5) is 5.69 Å². The minimum atomic E-state index is -3.63. The summed E-state index contributed by atoms with van der Waals surface area (Å²) in [5, 5.41) is 3.74. The highest BCUT2D eigenvalue weighted by atomic mass is 32.2. The fourth-order valence-electron chi connectivity index (χ4n) is 2.34. The van der Waals surface area contributed by atoms with E-state index in [2.05, 4.69) is 28.7 Å². The lowest BCUT2D eigenvalue weighted by Crippen LogP contribution is -2.12. The van der Waals surface area contributed by atoms with E-state index in [0.29, 0.717) is 23.3 Å². The van der Waals surface area contributed by atoms with E-state index in [4.69, 9.17) is 4.52 Å². The average molecular weight is 357 g/mol. The normalized spacial score (nSPS) is 11.7. The monoisotopic (exact) mass is 357 g/mol. The number of aryl methyl sites for hydroxylation is 1. The molecule has 0 fully saturated rings. The fourth-order valence-corrected chi connectivity index (χ4v) is 3.40. The summed E-state index contributed by atoms with van der Waals surface area (Å²) in [7, 11) is -3.63. The quantitative estimate of drug-likeness (QED) is 0.747. The van der Waals surface area contributed by atoms with Gasteiger partial charge in [-0.3, -0.25) is 4.72 Å². The predicted octanol–water partition coefficient (Wildman–Crippen LogP) is 3.97. The summed E-state index contributed by atoms with van der Waals surface area (Å²) in [5.41, 5.74) is 2.29. The third kappa shape index (κ3) is 3.88. The van der Waals surface area contributed by atoms with Crippen LogP contribution >= 0.6 is 0 Å². The lowest BCUT2D eigenvalue weighted by molar-refractivity contribution is 0.425. The first-order chi connectivity index (χ1) is 11.8. The van der Waals surface area contributed by atoms with E-state index in [1.54, 1.807) is 43.3 Å². The second-order valence-electron chi connectivity index (χ2n) is 6.05. The topological polar surface area (TPSA) is 85.1 Å². The van der Waals surface area contributed by atoms with Crippen molar-refractivity contribution in [1.82, 2.24) is 10.1 Å². The first-order valence-electron chi connectivity index (χ1n) is 7.89. The average Bonchev–Trinajstić information content (AvgIpc) is 3.02. The lowest BCUT2D eigenvalue weighted by atomic mass is 10.0. The van der Waals surface area contributed by atoms with Crippen LogP contribution in [0.15, 0.2) is 57.9 Å². The Balaban J connectivity index is 1.78. The van der Waals surface area contributed by atoms with Crippen LogP contribution in [-0.2, 0) is 10.0 Å². The third-order valence-corrected chi connectivity index (χ3v) is 5.17. The van der Waals surface area contributed by atoms with Crippen molar-refractivity contribution in [3.63, 3.8) is 0 Å². The van der Waals surface area contributed by atoms with Gasteiger partial charge in [-0.2, -0.15) is 4.98 Å². The molecule has 7 heteroatoms. The second kappa shape index (κ2) is 6.68. The number of benzene rings is 2. The van der Waals surface area contributed by atoms with Crippen molar-refractivity contribution in [1.29, 1.82) is 0 Å². The zero-order valence-corrected chi connectivity index (χ0v) is 15.0. The van der Waals surface area contributed by atoms with E-state index >= 15 is 0 Å². The molecule has 3 rings (SSSR count). The van der Waals surface area contributed by atoms with Crippen LogP contribution in [0.3, 0.4) is 0 Å². The second-order valence-corrected chi connectivity index (χ2v) is 7.74. The molecule has 1 aromatic heterocycles. The number of aromatic nitrogens is 2. The summed E-state index contributed by atoms with van der Waals surface area (Å²) < 4.78 is 32.6. The molecule has 0 aliphatic rings.